The predicted octanol–water partition coefficient (Wildman–Crippen LogP) is -0.280. The maximum Gasteiger partial charge on any atom is 0.350 e. The van der Waals surface area contributed by atoms with Gasteiger partial charge < -0.3 is 23.7 Å². The molecule has 0 bridgehead atoms. The average Bonchev–Trinajstić information content (AvgIpc) is 2.77. The average molecular weight is 258 g/mol. The zero-order valence-electron chi connectivity index (χ0n) is 10.2. The van der Waals surface area contributed by atoms with Crippen molar-refractivity contribution in [3.8, 4) is 0 Å². The Morgan fingerprint density at radius 3 is 2.61 bits per heavy atom. The van der Waals surface area contributed by atoms with Crippen LogP contribution in [0.3, 0.4) is 0 Å². The van der Waals surface area contributed by atoms with E-state index in [1.54, 1.807) is 13.8 Å². The molecule has 3 fully saturated rings. The second-order valence-electron chi connectivity index (χ2n) is 5.00. The van der Waals surface area contributed by atoms with Gasteiger partial charge in [0.2, 0.25) is 6.10 Å². The molecule has 3 saturated heterocycles. The fourth-order valence-corrected chi connectivity index (χ4v) is 2.51. The number of esters is 2. The van der Waals surface area contributed by atoms with Gasteiger partial charge >= 0.3 is 11.9 Å². The van der Waals surface area contributed by atoms with Gasteiger partial charge in [0.25, 0.3) is 0 Å². The van der Waals surface area contributed by atoms with Gasteiger partial charge in [-0.25, -0.2) is 4.79 Å². The minimum atomic E-state index is -1.03. The van der Waals surface area contributed by atoms with Gasteiger partial charge in [-0.3, -0.25) is 4.79 Å². The first kappa shape index (κ1) is 11.9. The molecule has 5 unspecified atom stereocenters. The van der Waals surface area contributed by atoms with E-state index < -0.39 is 48.4 Å². The minimum Gasteiger partial charge on any atom is -0.454 e. The molecule has 0 saturated carbocycles. The molecule has 0 aliphatic carbocycles. The van der Waals surface area contributed by atoms with Crippen molar-refractivity contribution in [1.82, 2.24) is 0 Å². The third kappa shape index (κ3) is 1.70. The summed E-state index contributed by atoms with van der Waals surface area (Å²) in [5, 5.41) is 0. The van der Waals surface area contributed by atoms with Crippen LogP contribution in [-0.2, 0) is 33.3 Å². The van der Waals surface area contributed by atoms with E-state index in [1.807, 2.05) is 0 Å². The van der Waals surface area contributed by atoms with E-state index >= 15 is 0 Å². The predicted molar refractivity (Wildman–Crippen MR) is 54.1 cm³/mol. The van der Waals surface area contributed by atoms with E-state index in [0.29, 0.717) is 0 Å². The summed E-state index contributed by atoms with van der Waals surface area (Å²) >= 11 is 0. The Morgan fingerprint density at radius 2 is 1.94 bits per heavy atom. The molecule has 3 aliphatic rings. The highest BCUT2D eigenvalue weighted by molar-refractivity contribution is 5.81. The summed E-state index contributed by atoms with van der Waals surface area (Å²) in [6.07, 6.45) is -3.36. The van der Waals surface area contributed by atoms with Crippen molar-refractivity contribution < 1.29 is 33.3 Å². The maximum atomic E-state index is 11.6. The smallest absolute Gasteiger partial charge is 0.350 e. The van der Waals surface area contributed by atoms with Gasteiger partial charge in [-0.05, 0) is 13.8 Å². The normalized spacial score (nSPS) is 44.4. The quantitative estimate of drug-likeness (QED) is 0.598. The van der Waals surface area contributed by atoms with Crippen LogP contribution in [0.5, 0.6) is 0 Å². The first-order chi connectivity index (χ1) is 8.37. The number of carbonyl (C=O) groups excluding carboxylic acids is 2. The van der Waals surface area contributed by atoms with Crippen LogP contribution in [0, 0.1) is 0 Å². The van der Waals surface area contributed by atoms with Crippen LogP contribution in [0.15, 0.2) is 0 Å². The van der Waals surface area contributed by atoms with Crippen LogP contribution in [0.25, 0.3) is 0 Å². The molecule has 18 heavy (non-hydrogen) atoms. The molecular weight excluding hydrogens is 244 g/mol. The van der Waals surface area contributed by atoms with Crippen LogP contribution in [0.4, 0.5) is 0 Å². The molecule has 3 heterocycles. The molecule has 7 nitrogen and oxygen atoms in total. The number of hydrogen-bond acceptors (Lipinski definition) is 7. The lowest BCUT2D eigenvalue weighted by molar-refractivity contribution is -0.216. The first-order valence-corrected chi connectivity index (χ1v) is 5.76. The zero-order valence-corrected chi connectivity index (χ0v) is 10.2. The minimum absolute atomic E-state index is 0.477. The van der Waals surface area contributed by atoms with Gasteiger partial charge in [0.05, 0.1) is 0 Å². The standard InChI is InChI=1S/C11H14O7/c1-4(12)14-7-5-6(15-9(7)13)8-10(16-5)18-11(2,3)17-8/h5-8,10H,1-3H3. The summed E-state index contributed by atoms with van der Waals surface area (Å²) in [6, 6.07) is 0. The molecule has 0 spiro atoms. The van der Waals surface area contributed by atoms with Crippen molar-refractivity contribution in [1.29, 1.82) is 0 Å². The van der Waals surface area contributed by atoms with Gasteiger partial charge in [0, 0.05) is 6.92 Å². The van der Waals surface area contributed by atoms with E-state index in [4.69, 9.17) is 23.7 Å². The zero-order chi connectivity index (χ0) is 13.1. The number of carbonyl (C=O) groups is 2. The molecule has 7 heteroatoms. The number of rotatable bonds is 1. The van der Waals surface area contributed by atoms with E-state index in [2.05, 4.69) is 0 Å². The van der Waals surface area contributed by atoms with Crippen molar-refractivity contribution in [3.05, 3.63) is 0 Å². The van der Waals surface area contributed by atoms with Crippen LogP contribution in [0.2, 0.25) is 0 Å². The van der Waals surface area contributed by atoms with Crippen molar-refractivity contribution in [2.75, 3.05) is 0 Å². The molecule has 3 aliphatic heterocycles. The number of hydrogen-bond donors (Lipinski definition) is 0. The third-order valence-electron chi connectivity index (χ3n) is 3.10. The molecular formula is C11H14O7. The van der Waals surface area contributed by atoms with Gasteiger partial charge in [-0.15, -0.1) is 0 Å². The van der Waals surface area contributed by atoms with Crippen molar-refractivity contribution >= 4 is 11.9 Å². The fourth-order valence-electron chi connectivity index (χ4n) is 2.51. The van der Waals surface area contributed by atoms with Crippen LogP contribution in [0.1, 0.15) is 20.8 Å². The Labute approximate surface area is 103 Å². The summed E-state index contributed by atoms with van der Waals surface area (Å²) < 4.78 is 26.8. The molecule has 3 rings (SSSR count). The molecule has 0 amide bonds. The topological polar surface area (TPSA) is 80.3 Å². The van der Waals surface area contributed by atoms with Gasteiger partial charge in [0.15, 0.2) is 24.3 Å². The maximum absolute atomic E-state index is 11.6. The largest absolute Gasteiger partial charge is 0.454 e. The Bertz CT molecular complexity index is 404. The number of ether oxygens (including phenoxy) is 5. The summed E-state index contributed by atoms with van der Waals surface area (Å²) in [4.78, 5) is 22.5. The first-order valence-electron chi connectivity index (χ1n) is 5.76. The lowest BCUT2D eigenvalue weighted by Crippen LogP contribution is -2.37. The highest BCUT2D eigenvalue weighted by atomic mass is 16.8. The lowest BCUT2D eigenvalue weighted by Gasteiger charge is -2.21. The van der Waals surface area contributed by atoms with E-state index in [-0.39, 0.29) is 0 Å². The van der Waals surface area contributed by atoms with Gasteiger partial charge in [0.1, 0.15) is 6.10 Å². The van der Waals surface area contributed by atoms with Crippen molar-refractivity contribution in [2.45, 2.75) is 57.3 Å². The highest BCUT2D eigenvalue weighted by Crippen LogP contribution is 2.42. The Morgan fingerprint density at radius 1 is 1.22 bits per heavy atom. The summed E-state index contributed by atoms with van der Waals surface area (Å²) in [7, 11) is 0. The Hall–Kier alpha value is -1.18. The Kier molecular flexibility index (Phi) is 2.42. The Balaban J connectivity index is 1.77. The highest BCUT2D eigenvalue weighted by Gasteiger charge is 2.64. The molecule has 100 valence electrons. The van der Waals surface area contributed by atoms with Crippen LogP contribution in [-0.4, -0.2) is 48.4 Å². The molecule has 0 aromatic rings. The SMILES string of the molecule is CC(=O)OC1C(=O)OC2C3OC(C)(C)OC3OC12. The van der Waals surface area contributed by atoms with Gasteiger partial charge in [-0.1, -0.05) is 0 Å². The van der Waals surface area contributed by atoms with E-state index in [1.165, 1.54) is 6.92 Å². The summed E-state index contributed by atoms with van der Waals surface area (Å²) in [5.41, 5.74) is 0. The molecule has 0 N–H and O–H groups in total. The molecule has 0 aromatic heterocycles. The second kappa shape index (κ2) is 3.66. The second-order valence-corrected chi connectivity index (χ2v) is 5.00. The lowest BCUT2D eigenvalue weighted by atomic mass is 10.1. The monoisotopic (exact) mass is 258 g/mol. The number of fused-ring (bicyclic) bond motifs is 3. The van der Waals surface area contributed by atoms with Crippen molar-refractivity contribution in [3.63, 3.8) is 0 Å². The van der Waals surface area contributed by atoms with Crippen LogP contribution >= 0.6 is 0 Å². The summed E-state index contributed by atoms with van der Waals surface area (Å²) in [5.74, 6) is -1.93. The molecule has 0 aromatic carbocycles. The third-order valence-corrected chi connectivity index (χ3v) is 3.10. The molecule has 5 atom stereocenters. The van der Waals surface area contributed by atoms with Crippen molar-refractivity contribution in [2.24, 2.45) is 0 Å². The van der Waals surface area contributed by atoms with Gasteiger partial charge in [-0.2, -0.15) is 0 Å². The van der Waals surface area contributed by atoms with Crippen LogP contribution < -0.4 is 0 Å². The fraction of sp³-hybridized carbons (Fsp3) is 0.818. The molecule has 0 radical (unpaired) electrons. The summed E-state index contributed by atoms with van der Waals surface area (Å²) in [6.45, 7) is 4.74. The van der Waals surface area contributed by atoms with E-state index in [9.17, 15) is 9.59 Å². The van der Waals surface area contributed by atoms with E-state index in [0.717, 1.165) is 0 Å².